The van der Waals surface area contributed by atoms with Crippen molar-refractivity contribution in [3.8, 4) is 0 Å². The van der Waals surface area contributed by atoms with E-state index in [1.165, 1.54) is 16.8 Å². The van der Waals surface area contributed by atoms with Gasteiger partial charge in [0.25, 0.3) is 0 Å². The first-order chi connectivity index (χ1) is 13.0. The van der Waals surface area contributed by atoms with Crippen molar-refractivity contribution < 1.29 is 14.7 Å². The Labute approximate surface area is 158 Å². The van der Waals surface area contributed by atoms with Crippen molar-refractivity contribution in [1.29, 1.82) is 0 Å². The zero-order valence-electron chi connectivity index (χ0n) is 14.6. The molecule has 10 heteroatoms. The third-order valence-corrected chi connectivity index (χ3v) is 5.55. The lowest BCUT2D eigenvalue weighted by Crippen LogP contribution is -2.54. The molecule has 1 N–H and O–H groups in total. The number of carboxylic acid groups (broad SMARTS) is 1. The number of hydrogen-bond donors (Lipinski definition) is 1. The van der Waals surface area contributed by atoms with Crippen LogP contribution in [-0.4, -0.2) is 67.1 Å². The Morgan fingerprint density at radius 1 is 1.30 bits per heavy atom. The summed E-state index contributed by atoms with van der Waals surface area (Å²) < 4.78 is 1.75. The summed E-state index contributed by atoms with van der Waals surface area (Å²) in [6, 6.07) is 3.63. The fourth-order valence-corrected chi connectivity index (χ4v) is 4.20. The van der Waals surface area contributed by atoms with E-state index >= 15 is 0 Å². The van der Waals surface area contributed by atoms with E-state index < -0.39 is 5.97 Å². The Kier molecular flexibility index (Phi) is 4.48. The smallest absolute Gasteiger partial charge is 0.357 e. The van der Waals surface area contributed by atoms with Crippen LogP contribution in [-0.2, 0) is 11.3 Å². The number of carbonyl (C=O) groups excluding carboxylic acids is 1. The van der Waals surface area contributed by atoms with Crippen molar-refractivity contribution in [3.63, 3.8) is 0 Å². The SMILES string of the molecule is CC1CN(c2scnc2C(=O)O)CCN1C(=O)Cn1cnc2cccnc21. The van der Waals surface area contributed by atoms with E-state index in [4.69, 9.17) is 0 Å². The van der Waals surface area contributed by atoms with Gasteiger partial charge in [0.15, 0.2) is 11.3 Å². The summed E-state index contributed by atoms with van der Waals surface area (Å²) in [5.41, 5.74) is 3.06. The molecule has 0 aliphatic carbocycles. The average Bonchev–Trinajstić information content (AvgIpc) is 3.29. The number of carboxylic acids is 1. The summed E-state index contributed by atoms with van der Waals surface area (Å²) in [7, 11) is 0. The maximum atomic E-state index is 12.8. The molecule has 27 heavy (non-hydrogen) atoms. The molecule has 4 rings (SSSR count). The molecule has 140 valence electrons. The van der Waals surface area contributed by atoms with Gasteiger partial charge < -0.3 is 19.5 Å². The third-order valence-electron chi connectivity index (χ3n) is 4.67. The highest BCUT2D eigenvalue weighted by Crippen LogP contribution is 2.27. The number of nitrogens with zero attached hydrogens (tertiary/aromatic N) is 6. The molecular formula is C17H18N6O3S. The average molecular weight is 386 g/mol. The lowest BCUT2D eigenvalue weighted by Gasteiger charge is -2.40. The minimum Gasteiger partial charge on any atom is -0.476 e. The second-order valence-corrected chi connectivity index (χ2v) is 7.25. The molecule has 0 aromatic carbocycles. The molecule has 1 fully saturated rings. The quantitative estimate of drug-likeness (QED) is 0.721. The summed E-state index contributed by atoms with van der Waals surface area (Å²) in [6.07, 6.45) is 3.31. The number of piperazine rings is 1. The number of amides is 1. The number of hydrogen-bond acceptors (Lipinski definition) is 7. The zero-order chi connectivity index (χ0) is 19.0. The van der Waals surface area contributed by atoms with Crippen molar-refractivity contribution in [2.45, 2.75) is 19.5 Å². The highest BCUT2D eigenvalue weighted by molar-refractivity contribution is 7.14. The lowest BCUT2D eigenvalue weighted by molar-refractivity contribution is -0.134. The number of thiazole rings is 1. The summed E-state index contributed by atoms with van der Waals surface area (Å²) in [5.74, 6) is -1.04. The fraction of sp³-hybridized carbons (Fsp3) is 0.353. The fourth-order valence-electron chi connectivity index (χ4n) is 3.37. The predicted octanol–water partition coefficient (Wildman–Crippen LogP) is 1.32. The number of aromatic carboxylic acids is 1. The number of imidazole rings is 1. The third kappa shape index (κ3) is 3.23. The number of fused-ring (bicyclic) bond motifs is 1. The summed E-state index contributed by atoms with van der Waals surface area (Å²) in [4.78, 5) is 40.4. The van der Waals surface area contributed by atoms with Gasteiger partial charge in [-0.15, -0.1) is 11.3 Å². The van der Waals surface area contributed by atoms with Crippen molar-refractivity contribution >= 4 is 39.4 Å². The molecule has 0 bridgehead atoms. The normalized spacial score (nSPS) is 17.4. The molecule has 4 heterocycles. The molecule has 1 amide bonds. The van der Waals surface area contributed by atoms with Gasteiger partial charge in [0.1, 0.15) is 17.1 Å². The van der Waals surface area contributed by atoms with E-state index in [0.29, 0.717) is 30.3 Å². The molecule has 1 aliphatic rings. The van der Waals surface area contributed by atoms with E-state index in [-0.39, 0.29) is 24.2 Å². The topological polar surface area (TPSA) is 104 Å². The van der Waals surface area contributed by atoms with E-state index in [1.54, 1.807) is 17.1 Å². The van der Waals surface area contributed by atoms with Crippen LogP contribution in [0.15, 0.2) is 30.2 Å². The van der Waals surface area contributed by atoms with E-state index in [0.717, 1.165) is 5.52 Å². The molecule has 0 saturated carbocycles. The molecule has 1 saturated heterocycles. The van der Waals surface area contributed by atoms with Crippen molar-refractivity contribution in [3.05, 3.63) is 35.9 Å². The van der Waals surface area contributed by atoms with Crippen LogP contribution in [0.1, 0.15) is 17.4 Å². The van der Waals surface area contributed by atoms with Crippen LogP contribution >= 0.6 is 11.3 Å². The Bertz CT molecular complexity index is 999. The number of carbonyl (C=O) groups is 2. The lowest BCUT2D eigenvalue weighted by atomic mass is 10.2. The maximum Gasteiger partial charge on any atom is 0.357 e. The first-order valence-corrected chi connectivity index (χ1v) is 9.39. The Hall–Kier alpha value is -3.01. The van der Waals surface area contributed by atoms with Crippen molar-refractivity contribution in [2.24, 2.45) is 0 Å². The molecule has 0 spiro atoms. The molecule has 0 radical (unpaired) electrons. The summed E-state index contributed by atoms with van der Waals surface area (Å²) >= 11 is 1.31. The Balaban J connectivity index is 1.46. The van der Waals surface area contributed by atoms with Gasteiger partial charge >= 0.3 is 5.97 Å². The van der Waals surface area contributed by atoms with Crippen LogP contribution in [0.25, 0.3) is 11.2 Å². The number of rotatable bonds is 4. The molecule has 1 aliphatic heterocycles. The van der Waals surface area contributed by atoms with E-state index in [2.05, 4.69) is 15.0 Å². The van der Waals surface area contributed by atoms with Gasteiger partial charge in [-0.2, -0.15) is 0 Å². The second kappa shape index (κ2) is 6.95. The standard InChI is InChI=1S/C17H18N6O3S/c1-11-7-21(16-14(17(25)26)20-10-27-16)5-6-23(11)13(24)8-22-9-19-12-3-2-4-18-15(12)22/h2-4,9-11H,5-8H2,1H3,(H,25,26). The van der Waals surface area contributed by atoms with Crippen LogP contribution in [0.2, 0.25) is 0 Å². The van der Waals surface area contributed by atoms with Crippen LogP contribution in [0.5, 0.6) is 0 Å². The van der Waals surface area contributed by atoms with Gasteiger partial charge in [0.05, 0.1) is 11.8 Å². The minimum absolute atomic E-state index is 0.00475. The van der Waals surface area contributed by atoms with Gasteiger partial charge in [-0.05, 0) is 19.1 Å². The molecule has 1 atom stereocenters. The van der Waals surface area contributed by atoms with Crippen LogP contribution in [0.3, 0.4) is 0 Å². The van der Waals surface area contributed by atoms with Gasteiger partial charge in [0, 0.05) is 31.9 Å². The molecule has 3 aromatic rings. The highest BCUT2D eigenvalue weighted by atomic mass is 32.1. The number of anilines is 1. The van der Waals surface area contributed by atoms with Gasteiger partial charge in [-0.25, -0.2) is 19.7 Å². The molecule has 9 nitrogen and oxygen atoms in total. The molecular weight excluding hydrogens is 368 g/mol. The maximum absolute atomic E-state index is 12.8. The minimum atomic E-state index is -1.03. The summed E-state index contributed by atoms with van der Waals surface area (Å²) in [6.45, 7) is 3.81. The summed E-state index contributed by atoms with van der Waals surface area (Å²) in [5, 5.41) is 9.90. The zero-order valence-corrected chi connectivity index (χ0v) is 15.5. The monoisotopic (exact) mass is 386 g/mol. The Morgan fingerprint density at radius 2 is 2.15 bits per heavy atom. The highest BCUT2D eigenvalue weighted by Gasteiger charge is 2.30. The van der Waals surface area contributed by atoms with E-state index in [9.17, 15) is 14.7 Å². The predicted molar refractivity (Wildman–Crippen MR) is 100.0 cm³/mol. The van der Waals surface area contributed by atoms with Crippen LogP contribution in [0.4, 0.5) is 5.00 Å². The second-order valence-electron chi connectivity index (χ2n) is 6.41. The van der Waals surface area contributed by atoms with Gasteiger partial charge in [-0.3, -0.25) is 4.79 Å². The van der Waals surface area contributed by atoms with Crippen LogP contribution < -0.4 is 4.90 Å². The van der Waals surface area contributed by atoms with Crippen LogP contribution in [0, 0.1) is 0 Å². The number of aromatic nitrogens is 4. The van der Waals surface area contributed by atoms with Crippen molar-refractivity contribution in [1.82, 2.24) is 24.4 Å². The first kappa shape index (κ1) is 17.4. The Morgan fingerprint density at radius 3 is 2.93 bits per heavy atom. The first-order valence-electron chi connectivity index (χ1n) is 8.51. The van der Waals surface area contributed by atoms with Gasteiger partial charge in [-0.1, -0.05) is 0 Å². The number of pyridine rings is 1. The largest absolute Gasteiger partial charge is 0.476 e. The molecule has 3 aromatic heterocycles. The van der Waals surface area contributed by atoms with Crippen molar-refractivity contribution in [2.75, 3.05) is 24.5 Å². The van der Waals surface area contributed by atoms with E-state index in [1.807, 2.05) is 28.9 Å². The molecule has 1 unspecified atom stereocenters. The van der Waals surface area contributed by atoms with Gasteiger partial charge in [0.2, 0.25) is 5.91 Å².